The average Bonchev–Trinajstić information content (AvgIpc) is 2.14. The van der Waals surface area contributed by atoms with E-state index in [4.69, 9.17) is 16.3 Å². The molecule has 1 atom stereocenters. The van der Waals surface area contributed by atoms with Crippen molar-refractivity contribution in [2.24, 2.45) is 0 Å². The largest absolute Gasteiger partial charge is 0.453 e. The van der Waals surface area contributed by atoms with Crippen LogP contribution in [0.15, 0.2) is 47.0 Å². The lowest BCUT2D eigenvalue weighted by atomic mass is 10.1. The molecule has 4 heteroatoms. The molecule has 1 heterocycles. The smallest absolute Gasteiger partial charge is 0.194 e. The molecule has 82 valence electrons. The summed E-state index contributed by atoms with van der Waals surface area (Å²) in [6.45, 7) is 9.92. The number of thiol groups is 1. The molecule has 0 aromatic rings. The van der Waals surface area contributed by atoms with Crippen LogP contribution in [0.3, 0.4) is 0 Å². The monoisotopic (exact) mass is 258 g/mol. The molecule has 0 aromatic heterocycles. The minimum Gasteiger partial charge on any atom is -0.453 e. The summed E-state index contributed by atoms with van der Waals surface area (Å²) in [4.78, 5) is 0. The zero-order valence-corrected chi connectivity index (χ0v) is 11.8. The maximum Gasteiger partial charge on any atom is 0.194 e. The predicted molar refractivity (Wildman–Crippen MR) is 74.8 cm³/mol. The molecule has 0 radical (unpaired) electrons. The van der Waals surface area contributed by atoms with Gasteiger partial charge >= 0.3 is 0 Å². The zero-order valence-electron chi connectivity index (χ0n) is 9.15. The van der Waals surface area contributed by atoms with Crippen LogP contribution in [0.5, 0.6) is 0 Å². The molecule has 0 spiro atoms. The van der Waals surface area contributed by atoms with Crippen LogP contribution in [0.1, 0.15) is 20.8 Å². The van der Waals surface area contributed by atoms with Crippen molar-refractivity contribution in [3.8, 4) is 0 Å². The van der Waals surface area contributed by atoms with Crippen molar-refractivity contribution in [3.63, 3.8) is 0 Å². The van der Waals surface area contributed by atoms with E-state index in [1.165, 1.54) is 0 Å². The highest BCUT2D eigenvalue weighted by Crippen LogP contribution is 2.66. The van der Waals surface area contributed by atoms with Crippen LogP contribution in [0.4, 0.5) is 0 Å². The van der Waals surface area contributed by atoms with Gasteiger partial charge in [-0.2, -0.15) is 0 Å². The van der Waals surface area contributed by atoms with Crippen LogP contribution in [0.25, 0.3) is 0 Å². The lowest BCUT2D eigenvalue weighted by molar-refractivity contribution is 0.495. The SMILES string of the molecule is C=C1C(=CC)P(=S)(S)OC(C=CC)=C1C. The molecule has 0 aliphatic carbocycles. The van der Waals surface area contributed by atoms with E-state index in [1.54, 1.807) is 0 Å². The average molecular weight is 258 g/mol. The first-order chi connectivity index (χ1) is 6.94. The second-order valence-electron chi connectivity index (χ2n) is 3.25. The number of rotatable bonds is 1. The van der Waals surface area contributed by atoms with Crippen molar-refractivity contribution >= 4 is 29.5 Å². The van der Waals surface area contributed by atoms with Gasteiger partial charge in [0.05, 0.1) is 0 Å². The van der Waals surface area contributed by atoms with Crippen molar-refractivity contribution in [2.45, 2.75) is 20.8 Å². The fourth-order valence-electron chi connectivity index (χ4n) is 1.41. The van der Waals surface area contributed by atoms with Crippen molar-refractivity contribution in [1.29, 1.82) is 0 Å². The van der Waals surface area contributed by atoms with E-state index in [0.29, 0.717) is 0 Å². The minimum atomic E-state index is -2.20. The molecule has 1 rings (SSSR count). The molecular weight excluding hydrogens is 243 g/mol. The first-order valence-electron chi connectivity index (χ1n) is 4.66. The molecule has 15 heavy (non-hydrogen) atoms. The molecule has 0 aromatic carbocycles. The lowest BCUT2D eigenvalue weighted by Crippen LogP contribution is -2.03. The van der Waals surface area contributed by atoms with Gasteiger partial charge in [0.1, 0.15) is 5.76 Å². The van der Waals surface area contributed by atoms with Crippen molar-refractivity contribution in [2.75, 3.05) is 0 Å². The summed E-state index contributed by atoms with van der Waals surface area (Å²) >= 11 is 9.84. The Hall–Kier alpha value is -0.240. The normalized spacial score (nSPS) is 30.1. The third-order valence-electron chi connectivity index (χ3n) is 2.25. The standard InChI is InChI=1S/C11H15OPS2/c1-5-7-10-8(3)9(4)11(6-2)13(14,15)12-10/h5-7H,4H2,1-3H3,(H,14,15). The summed E-state index contributed by atoms with van der Waals surface area (Å²) in [5.41, 5.74) is -0.204. The van der Waals surface area contributed by atoms with Gasteiger partial charge in [0.2, 0.25) is 0 Å². The summed E-state index contributed by atoms with van der Waals surface area (Å²) in [6.07, 6.45) is 5.78. The Bertz CT molecular complexity index is 430. The van der Waals surface area contributed by atoms with Crippen LogP contribution in [-0.2, 0) is 16.3 Å². The number of hydrogen-bond donors (Lipinski definition) is 1. The molecule has 0 amide bonds. The van der Waals surface area contributed by atoms with Crippen LogP contribution in [-0.4, -0.2) is 0 Å². The summed E-state index contributed by atoms with van der Waals surface area (Å²) in [7, 11) is 0. The quantitative estimate of drug-likeness (QED) is 0.545. The maximum absolute atomic E-state index is 5.75. The van der Waals surface area contributed by atoms with E-state index in [0.717, 1.165) is 22.2 Å². The third-order valence-corrected chi connectivity index (χ3v) is 5.54. The van der Waals surface area contributed by atoms with Crippen LogP contribution < -0.4 is 0 Å². The molecule has 1 aliphatic rings. The maximum atomic E-state index is 5.75. The van der Waals surface area contributed by atoms with Gasteiger partial charge in [0, 0.05) is 5.31 Å². The Balaban J connectivity index is 3.34. The molecule has 0 bridgehead atoms. The molecule has 1 aliphatic heterocycles. The van der Waals surface area contributed by atoms with E-state index in [1.807, 2.05) is 39.0 Å². The van der Waals surface area contributed by atoms with Crippen molar-refractivity contribution in [3.05, 3.63) is 47.0 Å². The Morgan fingerprint density at radius 3 is 2.53 bits per heavy atom. The highest BCUT2D eigenvalue weighted by atomic mass is 32.9. The summed E-state index contributed by atoms with van der Waals surface area (Å²) in [5, 5.41) is 0.964. The molecule has 0 N–H and O–H groups in total. The minimum absolute atomic E-state index is 0.798. The fraction of sp³-hybridized carbons (Fsp3) is 0.273. The Labute approximate surface area is 102 Å². The Kier molecular flexibility index (Phi) is 4.05. The van der Waals surface area contributed by atoms with Gasteiger partial charge in [-0.05, 0) is 49.8 Å². The third kappa shape index (κ3) is 2.47. The topological polar surface area (TPSA) is 9.23 Å². The number of hydrogen-bond acceptors (Lipinski definition) is 2. The van der Waals surface area contributed by atoms with E-state index in [-0.39, 0.29) is 0 Å². The van der Waals surface area contributed by atoms with Crippen molar-refractivity contribution in [1.82, 2.24) is 0 Å². The summed E-state index contributed by atoms with van der Waals surface area (Å²) in [6, 6.07) is 0. The van der Waals surface area contributed by atoms with Gasteiger partial charge in [0.15, 0.2) is 5.47 Å². The zero-order chi connectivity index (χ0) is 11.6. The van der Waals surface area contributed by atoms with E-state index >= 15 is 0 Å². The van der Waals surface area contributed by atoms with Gasteiger partial charge in [-0.25, -0.2) is 0 Å². The van der Waals surface area contributed by atoms with Crippen LogP contribution >= 0.6 is 17.7 Å². The van der Waals surface area contributed by atoms with E-state index in [2.05, 4.69) is 18.8 Å². The second kappa shape index (κ2) is 4.73. The van der Waals surface area contributed by atoms with Gasteiger partial charge in [-0.1, -0.05) is 31.0 Å². The summed E-state index contributed by atoms with van der Waals surface area (Å²) < 4.78 is 5.75. The first kappa shape index (κ1) is 12.8. The van der Waals surface area contributed by atoms with E-state index in [9.17, 15) is 0 Å². The molecule has 1 unspecified atom stereocenters. The molecule has 1 nitrogen and oxygen atoms in total. The van der Waals surface area contributed by atoms with E-state index < -0.39 is 5.47 Å². The molecule has 0 saturated heterocycles. The molecule has 0 saturated carbocycles. The van der Waals surface area contributed by atoms with Gasteiger partial charge < -0.3 is 4.52 Å². The predicted octanol–water partition coefficient (Wildman–Crippen LogP) is 4.57. The molecular formula is C11H15OPS2. The Morgan fingerprint density at radius 1 is 1.47 bits per heavy atom. The van der Waals surface area contributed by atoms with Crippen LogP contribution in [0, 0.1) is 0 Å². The van der Waals surface area contributed by atoms with Gasteiger partial charge in [-0.3, -0.25) is 0 Å². The molecule has 0 fully saturated rings. The Morgan fingerprint density at radius 2 is 2.07 bits per heavy atom. The van der Waals surface area contributed by atoms with Gasteiger partial charge in [-0.15, -0.1) is 0 Å². The number of allylic oxidation sites excluding steroid dienone is 6. The highest BCUT2D eigenvalue weighted by molar-refractivity contribution is 8.63. The van der Waals surface area contributed by atoms with Crippen LogP contribution in [0.2, 0.25) is 0 Å². The second-order valence-corrected chi connectivity index (χ2v) is 9.00. The lowest BCUT2D eigenvalue weighted by Gasteiger charge is -2.29. The first-order valence-corrected chi connectivity index (χ1v) is 8.53. The highest BCUT2D eigenvalue weighted by Gasteiger charge is 2.29. The fourth-order valence-corrected chi connectivity index (χ4v) is 4.66. The summed E-state index contributed by atoms with van der Waals surface area (Å²) in [5.74, 6) is 0.798. The van der Waals surface area contributed by atoms with Gasteiger partial charge in [0.25, 0.3) is 0 Å². The van der Waals surface area contributed by atoms with Crippen molar-refractivity contribution < 1.29 is 4.52 Å².